The topological polar surface area (TPSA) is 26.5 Å². The van der Waals surface area contributed by atoms with Crippen molar-refractivity contribution in [3.05, 3.63) is 59.7 Å². The van der Waals surface area contributed by atoms with E-state index in [1.807, 2.05) is 28.8 Å². The van der Waals surface area contributed by atoms with E-state index in [-0.39, 0.29) is 11.7 Å². The number of nitrogens with zero attached hydrogens (tertiary/aromatic N) is 2. The number of halogens is 2. The van der Waals surface area contributed by atoms with Crippen LogP contribution in [0.1, 0.15) is 11.3 Å². The highest BCUT2D eigenvalue weighted by Crippen LogP contribution is 2.28. The van der Waals surface area contributed by atoms with Crippen molar-refractivity contribution in [2.24, 2.45) is 0 Å². The van der Waals surface area contributed by atoms with E-state index in [4.69, 9.17) is 16.3 Å². The number of hydrogen-bond acceptors (Lipinski definition) is 2. The number of hydrogen-bond donors (Lipinski definition) is 0. The van der Waals surface area contributed by atoms with Gasteiger partial charge in [0.25, 0.3) is 0 Å². The molecule has 0 aliphatic heterocycles. The number of rotatable bonds is 3. The van der Waals surface area contributed by atoms with Crippen LogP contribution in [-0.4, -0.2) is 9.38 Å². The molecule has 3 nitrogen and oxygen atoms in total. The summed E-state index contributed by atoms with van der Waals surface area (Å²) in [5, 5.41) is 0. The molecular formula is C15H12ClFN2O. The van der Waals surface area contributed by atoms with Gasteiger partial charge in [-0.1, -0.05) is 12.1 Å². The van der Waals surface area contributed by atoms with Gasteiger partial charge in [-0.2, -0.15) is 4.98 Å². The number of imidazole rings is 1. The van der Waals surface area contributed by atoms with Crippen molar-refractivity contribution >= 4 is 17.2 Å². The summed E-state index contributed by atoms with van der Waals surface area (Å²) >= 11 is 5.96. The Morgan fingerprint density at radius 1 is 1.30 bits per heavy atom. The first-order chi connectivity index (χ1) is 9.69. The van der Waals surface area contributed by atoms with Gasteiger partial charge >= 0.3 is 0 Å². The molecule has 3 aromatic rings. The Labute approximate surface area is 120 Å². The summed E-state index contributed by atoms with van der Waals surface area (Å²) < 4.78 is 21.1. The molecule has 0 bridgehead atoms. The van der Waals surface area contributed by atoms with Gasteiger partial charge in [-0.3, -0.25) is 4.40 Å². The third-order valence-corrected chi connectivity index (χ3v) is 3.33. The quantitative estimate of drug-likeness (QED) is 0.672. The van der Waals surface area contributed by atoms with Crippen molar-refractivity contribution < 1.29 is 9.13 Å². The van der Waals surface area contributed by atoms with E-state index >= 15 is 0 Å². The molecule has 1 aromatic carbocycles. The lowest BCUT2D eigenvalue weighted by molar-refractivity contribution is 0.456. The fraction of sp³-hybridized carbons (Fsp3) is 0.133. The molecule has 5 heteroatoms. The highest BCUT2D eigenvalue weighted by Gasteiger charge is 2.13. The van der Waals surface area contributed by atoms with Gasteiger partial charge in [0, 0.05) is 12.3 Å². The molecule has 0 saturated carbocycles. The number of aromatic nitrogens is 2. The molecule has 0 spiro atoms. The maximum atomic E-state index is 13.5. The first-order valence-electron chi connectivity index (χ1n) is 6.15. The van der Waals surface area contributed by atoms with Gasteiger partial charge in [0.15, 0.2) is 0 Å². The minimum atomic E-state index is -0.307. The summed E-state index contributed by atoms with van der Waals surface area (Å²) in [6.07, 6.45) is 1.86. The Morgan fingerprint density at radius 3 is 2.90 bits per heavy atom. The van der Waals surface area contributed by atoms with Gasteiger partial charge in [-0.25, -0.2) is 4.39 Å². The summed E-state index contributed by atoms with van der Waals surface area (Å²) in [5.41, 5.74) is 2.05. The highest BCUT2D eigenvalue weighted by molar-refractivity contribution is 6.17. The second kappa shape index (κ2) is 5.13. The van der Waals surface area contributed by atoms with Crippen molar-refractivity contribution in [2.75, 3.05) is 0 Å². The van der Waals surface area contributed by atoms with Gasteiger partial charge in [0.1, 0.15) is 22.9 Å². The van der Waals surface area contributed by atoms with Crippen LogP contribution in [0.3, 0.4) is 0 Å². The van der Waals surface area contributed by atoms with Crippen LogP contribution in [0, 0.1) is 12.7 Å². The second-order valence-electron chi connectivity index (χ2n) is 4.44. The van der Waals surface area contributed by atoms with E-state index in [1.54, 1.807) is 19.1 Å². The molecule has 0 unspecified atom stereocenters. The number of fused-ring (bicyclic) bond motifs is 1. The second-order valence-corrected chi connectivity index (χ2v) is 4.71. The normalized spacial score (nSPS) is 10.9. The molecule has 0 radical (unpaired) electrons. The van der Waals surface area contributed by atoms with Crippen LogP contribution in [-0.2, 0) is 5.88 Å². The number of benzene rings is 1. The summed E-state index contributed by atoms with van der Waals surface area (Å²) in [6.45, 7) is 1.70. The highest BCUT2D eigenvalue weighted by atomic mass is 35.5. The number of pyridine rings is 1. The zero-order chi connectivity index (χ0) is 14.1. The molecule has 0 amide bonds. The molecule has 0 aliphatic carbocycles. The van der Waals surface area contributed by atoms with Gasteiger partial charge in [-0.15, -0.1) is 11.6 Å². The van der Waals surface area contributed by atoms with E-state index in [0.29, 0.717) is 17.2 Å². The fourth-order valence-electron chi connectivity index (χ4n) is 1.98. The Balaban J connectivity index is 2.03. The van der Waals surface area contributed by atoms with Gasteiger partial charge in [0.05, 0.1) is 5.88 Å². The van der Waals surface area contributed by atoms with Gasteiger partial charge in [0.2, 0.25) is 5.88 Å². The predicted molar refractivity (Wildman–Crippen MR) is 76.0 cm³/mol. The average Bonchev–Trinajstić information content (AvgIpc) is 2.80. The van der Waals surface area contributed by atoms with Crippen LogP contribution in [0.25, 0.3) is 5.65 Å². The Bertz CT molecular complexity index is 770. The number of alkyl halides is 1. The third-order valence-electron chi connectivity index (χ3n) is 3.08. The lowest BCUT2D eigenvalue weighted by Gasteiger charge is -2.05. The molecule has 3 rings (SSSR count). The van der Waals surface area contributed by atoms with Crippen molar-refractivity contribution in [2.45, 2.75) is 12.8 Å². The molecule has 0 aliphatic rings. The standard InChI is InChI=1S/C15H12ClFN2O/c1-10-5-6-11(8-12(10)17)20-15-13(9-16)19-7-3-2-4-14(19)18-15/h2-8H,9H2,1H3. The van der Waals surface area contributed by atoms with Crippen LogP contribution in [0.2, 0.25) is 0 Å². The van der Waals surface area contributed by atoms with Crippen molar-refractivity contribution in [3.63, 3.8) is 0 Å². The molecule has 0 saturated heterocycles. The molecule has 0 N–H and O–H groups in total. The van der Waals surface area contributed by atoms with E-state index in [9.17, 15) is 4.39 Å². The molecule has 0 atom stereocenters. The molecule has 102 valence electrons. The zero-order valence-electron chi connectivity index (χ0n) is 10.8. The first-order valence-corrected chi connectivity index (χ1v) is 6.68. The van der Waals surface area contributed by atoms with E-state index < -0.39 is 0 Å². The fourth-order valence-corrected chi connectivity index (χ4v) is 2.22. The summed E-state index contributed by atoms with van der Waals surface area (Å²) in [7, 11) is 0. The first kappa shape index (κ1) is 12.9. The van der Waals surface area contributed by atoms with E-state index in [2.05, 4.69) is 4.98 Å². The van der Waals surface area contributed by atoms with Crippen LogP contribution >= 0.6 is 11.6 Å². The SMILES string of the molecule is Cc1ccc(Oc2nc3ccccn3c2CCl)cc1F. The minimum Gasteiger partial charge on any atom is -0.437 e. The number of ether oxygens (including phenoxy) is 1. The molecule has 2 heterocycles. The van der Waals surface area contributed by atoms with Crippen LogP contribution in [0.4, 0.5) is 4.39 Å². The van der Waals surface area contributed by atoms with Crippen molar-refractivity contribution in [3.8, 4) is 11.6 Å². The van der Waals surface area contributed by atoms with E-state index in [0.717, 1.165) is 11.3 Å². The smallest absolute Gasteiger partial charge is 0.242 e. The number of aryl methyl sites for hydroxylation is 1. The maximum Gasteiger partial charge on any atom is 0.242 e. The predicted octanol–water partition coefficient (Wildman–Crippen LogP) is 4.31. The van der Waals surface area contributed by atoms with Crippen LogP contribution in [0.15, 0.2) is 42.6 Å². The summed E-state index contributed by atoms with van der Waals surface area (Å²) in [5.74, 6) is 0.755. The van der Waals surface area contributed by atoms with Crippen molar-refractivity contribution in [1.82, 2.24) is 9.38 Å². The van der Waals surface area contributed by atoms with Crippen molar-refractivity contribution in [1.29, 1.82) is 0 Å². The van der Waals surface area contributed by atoms with Gasteiger partial charge in [-0.05, 0) is 30.7 Å². The van der Waals surface area contributed by atoms with Crippen LogP contribution < -0.4 is 4.74 Å². The minimum absolute atomic E-state index is 0.259. The lowest BCUT2D eigenvalue weighted by Crippen LogP contribution is -1.92. The van der Waals surface area contributed by atoms with Gasteiger partial charge < -0.3 is 4.74 Å². The zero-order valence-corrected chi connectivity index (χ0v) is 11.6. The van der Waals surface area contributed by atoms with Crippen LogP contribution in [0.5, 0.6) is 11.6 Å². The third kappa shape index (κ3) is 2.23. The average molecular weight is 291 g/mol. The molecule has 20 heavy (non-hydrogen) atoms. The maximum absolute atomic E-state index is 13.5. The monoisotopic (exact) mass is 290 g/mol. The Kier molecular flexibility index (Phi) is 3.32. The molecule has 2 aromatic heterocycles. The molecular weight excluding hydrogens is 279 g/mol. The lowest BCUT2D eigenvalue weighted by atomic mass is 10.2. The largest absolute Gasteiger partial charge is 0.437 e. The summed E-state index contributed by atoms with van der Waals surface area (Å²) in [4.78, 5) is 4.36. The Hall–Kier alpha value is -2.07. The Morgan fingerprint density at radius 2 is 2.15 bits per heavy atom. The summed E-state index contributed by atoms with van der Waals surface area (Å²) in [6, 6.07) is 10.4. The van der Waals surface area contributed by atoms with E-state index in [1.165, 1.54) is 6.07 Å². The molecule has 0 fully saturated rings.